The van der Waals surface area contributed by atoms with Crippen molar-refractivity contribution < 1.29 is 9.53 Å². The van der Waals surface area contributed by atoms with Gasteiger partial charge >= 0.3 is 0 Å². The van der Waals surface area contributed by atoms with Crippen molar-refractivity contribution in [3.63, 3.8) is 0 Å². The first kappa shape index (κ1) is 23.5. The fourth-order valence-corrected chi connectivity index (χ4v) is 4.76. The van der Waals surface area contributed by atoms with Gasteiger partial charge in [-0.3, -0.25) is 14.2 Å². The Labute approximate surface area is 189 Å². The lowest BCUT2D eigenvalue weighted by Crippen LogP contribution is -2.37. The molecule has 6 nitrogen and oxygen atoms in total. The number of rotatable bonds is 9. The highest BCUT2D eigenvalue weighted by Crippen LogP contribution is 2.20. The Balaban J connectivity index is 1.62. The van der Waals surface area contributed by atoms with Crippen LogP contribution in [-0.4, -0.2) is 46.3 Å². The first-order valence-corrected chi connectivity index (χ1v) is 12.0. The zero-order chi connectivity index (χ0) is 22.2. The molecule has 0 spiro atoms. The van der Waals surface area contributed by atoms with E-state index in [9.17, 15) is 9.59 Å². The Morgan fingerprint density at radius 3 is 2.61 bits per heavy atom. The highest BCUT2D eigenvalue weighted by molar-refractivity contribution is 7.99. The molecule has 7 heteroatoms. The lowest BCUT2D eigenvalue weighted by Gasteiger charge is -2.30. The molecule has 3 rings (SSSR count). The van der Waals surface area contributed by atoms with Crippen LogP contribution >= 0.6 is 11.8 Å². The minimum absolute atomic E-state index is 0.0353. The van der Waals surface area contributed by atoms with Gasteiger partial charge < -0.3 is 9.64 Å². The van der Waals surface area contributed by atoms with Crippen LogP contribution in [0.2, 0.25) is 0 Å². The molecule has 1 aliphatic rings. The quantitative estimate of drug-likeness (QED) is 0.336. The fraction of sp³-hybridized carbons (Fsp3) is 0.542. The number of amides is 1. The van der Waals surface area contributed by atoms with Crippen LogP contribution in [0.5, 0.6) is 0 Å². The molecule has 1 aliphatic heterocycles. The largest absolute Gasteiger partial charge is 0.378 e. The Morgan fingerprint density at radius 1 is 1.23 bits per heavy atom. The van der Waals surface area contributed by atoms with Gasteiger partial charge in [-0.25, -0.2) is 4.98 Å². The van der Waals surface area contributed by atoms with Gasteiger partial charge in [0.1, 0.15) is 0 Å². The summed E-state index contributed by atoms with van der Waals surface area (Å²) < 4.78 is 6.94. The van der Waals surface area contributed by atoms with Crippen LogP contribution in [0.15, 0.2) is 40.3 Å². The first-order valence-electron chi connectivity index (χ1n) is 11.0. The minimum Gasteiger partial charge on any atom is -0.378 e. The third-order valence-corrected chi connectivity index (χ3v) is 6.95. The minimum atomic E-state index is -0.0353. The molecule has 0 unspecified atom stereocenters. The molecule has 1 saturated heterocycles. The molecule has 0 N–H and O–H groups in total. The van der Waals surface area contributed by atoms with Crippen molar-refractivity contribution in [3.8, 4) is 0 Å². The second kappa shape index (κ2) is 11.5. The van der Waals surface area contributed by atoms with Crippen molar-refractivity contribution in [2.24, 2.45) is 13.0 Å². The van der Waals surface area contributed by atoms with Crippen molar-refractivity contribution in [2.75, 3.05) is 26.0 Å². The second-order valence-electron chi connectivity index (χ2n) is 8.29. The summed E-state index contributed by atoms with van der Waals surface area (Å²) in [4.78, 5) is 32.2. The molecule has 168 valence electrons. The summed E-state index contributed by atoms with van der Waals surface area (Å²) >= 11 is 1.53. The van der Waals surface area contributed by atoms with Crippen molar-refractivity contribution in [2.45, 2.75) is 50.8 Å². The normalized spacial score (nSPS) is 14.7. The van der Waals surface area contributed by atoms with E-state index in [2.05, 4.69) is 6.92 Å². The van der Waals surface area contributed by atoms with Crippen LogP contribution in [-0.2, 0) is 29.6 Å². The summed E-state index contributed by atoms with van der Waals surface area (Å²) in [7, 11) is 3.38. The molecule has 1 fully saturated rings. The van der Waals surface area contributed by atoms with Crippen molar-refractivity contribution in [3.05, 3.63) is 57.5 Å². The van der Waals surface area contributed by atoms with Gasteiger partial charge in [0.15, 0.2) is 5.16 Å². The number of methoxy groups -OCH3 is 1. The van der Waals surface area contributed by atoms with E-state index in [1.165, 1.54) is 11.8 Å². The molecule has 0 atom stereocenters. The Bertz CT molecular complexity index is 922. The molecule has 0 radical (unpaired) electrons. The fourth-order valence-electron chi connectivity index (χ4n) is 3.84. The first-order chi connectivity index (χ1) is 15.0. The number of hydrogen-bond donors (Lipinski definition) is 0. The monoisotopic (exact) mass is 443 g/mol. The van der Waals surface area contributed by atoms with E-state index >= 15 is 0 Å². The molecule has 1 aromatic carbocycles. The van der Waals surface area contributed by atoms with Crippen LogP contribution < -0.4 is 5.56 Å². The summed E-state index contributed by atoms with van der Waals surface area (Å²) in [5, 5.41) is 0.674. The maximum absolute atomic E-state index is 13.1. The molecule has 1 amide bonds. The van der Waals surface area contributed by atoms with Gasteiger partial charge in [-0.1, -0.05) is 49.0 Å². The molecule has 0 aliphatic carbocycles. The van der Waals surface area contributed by atoms with Crippen LogP contribution in [0.25, 0.3) is 0 Å². The maximum Gasteiger partial charge on any atom is 0.257 e. The number of carbonyl (C=O) groups is 1. The number of hydrogen-bond acceptors (Lipinski definition) is 5. The number of carbonyl (C=O) groups excluding carboxylic acids is 1. The summed E-state index contributed by atoms with van der Waals surface area (Å²) in [6.45, 7) is 4.31. The Kier molecular flexibility index (Phi) is 8.72. The molecule has 0 bridgehead atoms. The van der Waals surface area contributed by atoms with Crippen LogP contribution in [0, 0.1) is 5.92 Å². The third-order valence-electron chi connectivity index (χ3n) is 5.84. The number of nitrogens with zero attached hydrogens (tertiary/aromatic N) is 3. The molecular weight excluding hydrogens is 410 g/mol. The van der Waals surface area contributed by atoms with Gasteiger partial charge in [0.05, 0.1) is 12.3 Å². The van der Waals surface area contributed by atoms with Crippen molar-refractivity contribution >= 4 is 17.7 Å². The summed E-state index contributed by atoms with van der Waals surface area (Å²) in [5.41, 5.74) is 2.40. The van der Waals surface area contributed by atoms with E-state index in [1.54, 1.807) is 18.7 Å². The van der Waals surface area contributed by atoms with Gasteiger partial charge in [-0.05, 0) is 30.7 Å². The molecule has 1 aromatic heterocycles. The molecule has 2 heterocycles. The zero-order valence-corrected chi connectivity index (χ0v) is 19.6. The number of thioether (sulfide) groups is 1. The predicted molar refractivity (Wildman–Crippen MR) is 124 cm³/mol. The number of ether oxygens (including phenoxy) is 1. The van der Waals surface area contributed by atoms with E-state index in [0.29, 0.717) is 35.9 Å². The van der Waals surface area contributed by atoms with E-state index < -0.39 is 0 Å². The highest BCUT2D eigenvalue weighted by atomic mass is 32.2. The zero-order valence-electron chi connectivity index (χ0n) is 18.8. The predicted octanol–water partition coefficient (Wildman–Crippen LogP) is 3.65. The van der Waals surface area contributed by atoms with Gasteiger partial charge in [0.25, 0.3) is 5.56 Å². The molecular formula is C24H33N3O3S. The lowest BCUT2D eigenvalue weighted by atomic mass is 9.99. The maximum atomic E-state index is 13.1. The van der Waals surface area contributed by atoms with E-state index in [4.69, 9.17) is 9.72 Å². The SMILES string of the molecule is COCc1nc(SCCCC(=O)N2CCC(C)CC2)n(C)c(=O)c1Cc1ccccc1. The third kappa shape index (κ3) is 6.43. The number of piperidine rings is 1. The average molecular weight is 444 g/mol. The molecule has 31 heavy (non-hydrogen) atoms. The number of benzene rings is 1. The van der Waals surface area contributed by atoms with E-state index in [1.807, 2.05) is 35.2 Å². The van der Waals surface area contributed by atoms with Crippen molar-refractivity contribution in [1.82, 2.24) is 14.5 Å². The van der Waals surface area contributed by atoms with Crippen LogP contribution in [0.1, 0.15) is 49.4 Å². The summed E-state index contributed by atoms with van der Waals surface area (Å²) in [6, 6.07) is 9.93. The number of likely N-dealkylation sites (tertiary alicyclic amines) is 1. The van der Waals surface area contributed by atoms with Crippen LogP contribution in [0.4, 0.5) is 0 Å². The Morgan fingerprint density at radius 2 is 1.94 bits per heavy atom. The second-order valence-corrected chi connectivity index (χ2v) is 9.36. The summed E-state index contributed by atoms with van der Waals surface area (Å²) in [6.07, 6.45) is 4.06. The average Bonchev–Trinajstić information content (AvgIpc) is 2.78. The van der Waals surface area contributed by atoms with Crippen molar-refractivity contribution in [1.29, 1.82) is 0 Å². The van der Waals surface area contributed by atoms with Gasteiger partial charge in [0, 0.05) is 51.4 Å². The lowest BCUT2D eigenvalue weighted by molar-refractivity contribution is -0.132. The highest BCUT2D eigenvalue weighted by Gasteiger charge is 2.20. The van der Waals surface area contributed by atoms with Gasteiger partial charge in [-0.2, -0.15) is 0 Å². The van der Waals surface area contributed by atoms with E-state index in [0.717, 1.165) is 49.6 Å². The molecule has 0 saturated carbocycles. The van der Waals surface area contributed by atoms with Crippen LogP contribution in [0.3, 0.4) is 0 Å². The van der Waals surface area contributed by atoms with E-state index in [-0.39, 0.29) is 11.5 Å². The topological polar surface area (TPSA) is 64.4 Å². The van der Waals surface area contributed by atoms with Gasteiger partial charge in [-0.15, -0.1) is 0 Å². The Hall–Kier alpha value is -2.12. The number of aromatic nitrogens is 2. The molecule has 2 aromatic rings. The summed E-state index contributed by atoms with van der Waals surface area (Å²) in [5.74, 6) is 1.71. The smallest absolute Gasteiger partial charge is 0.257 e. The standard InChI is InChI=1S/C24H33N3O3S/c1-18-11-13-27(14-12-18)22(28)10-7-15-31-24-25-21(17-30-3)20(23(29)26(24)2)16-19-8-5-4-6-9-19/h4-6,8-9,18H,7,10-17H2,1-3H3. The van der Waals surface area contributed by atoms with Gasteiger partial charge in [0.2, 0.25) is 5.91 Å².